The Balaban J connectivity index is 0. The summed E-state index contributed by atoms with van der Waals surface area (Å²) in [6.45, 7) is 12.0. The lowest BCUT2D eigenvalue weighted by Crippen LogP contribution is -1.99. The maximum Gasteiger partial charge on any atom is 0.193 e. The van der Waals surface area contributed by atoms with Crippen LogP contribution in [0.25, 0.3) is 0 Å². The van der Waals surface area contributed by atoms with Gasteiger partial charge in [0.15, 0.2) is 5.78 Å². The first-order chi connectivity index (χ1) is 9.88. The summed E-state index contributed by atoms with van der Waals surface area (Å²) in [6, 6.07) is 18.6. The second kappa shape index (κ2) is 15.2. The van der Waals surface area contributed by atoms with Crippen LogP contribution in [0.1, 0.15) is 57.5 Å². The smallest absolute Gasteiger partial charge is 0.193 e. The van der Waals surface area contributed by atoms with Crippen molar-refractivity contribution < 1.29 is 4.79 Å². The van der Waals surface area contributed by atoms with Crippen molar-refractivity contribution in [2.24, 2.45) is 0 Å². The number of ketones is 1. The Morgan fingerprint density at radius 2 is 0.800 bits per heavy atom. The lowest BCUT2D eigenvalue weighted by atomic mass is 10.0. The Kier molecular flexibility index (Phi) is 15.5. The van der Waals surface area contributed by atoms with Gasteiger partial charge < -0.3 is 0 Å². The predicted molar refractivity (Wildman–Crippen MR) is 90.4 cm³/mol. The summed E-state index contributed by atoms with van der Waals surface area (Å²) in [5.74, 6) is 0.0752. The summed E-state index contributed by atoms with van der Waals surface area (Å²) in [6.07, 6.45) is 0. The molecule has 0 N–H and O–H groups in total. The van der Waals surface area contributed by atoms with Gasteiger partial charge in [0.1, 0.15) is 0 Å². The summed E-state index contributed by atoms with van der Waals surface area (Å²) >= 11 is 0. The molecule has 0 aliphatic carbocycles. The Morgan fingerprint density at radius 3 is 1.05 bits per heavy atom. The molecule has 0 aromatic heterocycles. The van der Waals surface area contributed by atoms with E-state index in [-0.39, 0.29) is 5.78 Å². The van der Waals surface area contributed by atoms with Crippen LogP contribution in [0.4, 0.5) is 0 Å². The van der Waals surface area contributed by atoms with E-state index in [1.54, 1.807) is 0 Å². The van der Waals surface area contributed by atoms with Crippen molar-refractivity contribution in [2.45, 2.75) is 41.5 Å². The van der Waals surface area contributed by atoms with Crippen LogP contribution in [0.2, 0.25) is 0 Å². The molecule has 2 aromatic rings. The molecule has 0 saturated carbocycles. The molecule has 0 aliphatic heterocycles. The van der Waals surface area contributed by atoms with Crippen molar-refractivity contribution in [3.63, 3.8) is 0 Å². The third kappa shape index (κ3) is 7.52. The van der Waals surface area contributed by atoms with E-state index in [9.17, 15) is 4.79 Å². The van der Waals surface area contributed by atoms with Gasteiger partial charge in [-0.1, -0.05) is 102 Å². The van der Waals surface area contributed by atoms with E-state index in [0.717, 1.165) is 11.1 Å². The SMILES string of the molecule is CC.CC.CC.O=C(c1ccccc1)c1ccccc1. The Labute approximate surface area is 124 Å². The van der Waals surface area contributed by atoms with Gasteiger partial charge in [0.05, 0.1) is 0 Å². The van der Waals surface area contributed by atoms with Crippen LogP contribution < -0.4 is 0 Å². The first-order valence-electron chi connectivity index (χ1n) is 7.53. The van der Waals surface area contributed by atoms with Crippen LogP contribution in [0.3, 0.4) is 0 Å². The van der Waals surface area contributed by atoms with Crippen molar-refractivity contribution in [3.8, 4) is 0 Å². The Bertz CT molecular complexity index is 377. The first kappa shape index (κ1) is 20.4. The maximum absolute atomic E-state index is 11.8. The normalized spacial score (nSPS) is 7.70. The van der Waals surface area contributed by atoms with E-state index in [1.807, 2.05) is 102 Å². The van der Waals surface area contributed by atoms with Gasteiger partial charge in [0, 0.05) is 11.1 Å². The van der Waals surface area contributed by atoms with Crippen molar-refractivity contribution >= 4 is 5.78 Å². The maximum atomic E-state index is 11.8. The predicted octanol–water partition coefficient (Wildman–Crippen LogP) is 6.00. The van der Waals surface area contributed by atoms with Gasteiger partial charge in [-0.3, -0.25) is 4.79 Å². The van der Waals surface area contributed by atoms with E-state index >= 15 is 0 Å². The molecule has 0 unspecified atom stereocenters. The molecule has 0 bridgehead atoms. The average Bonchev–Trinajstić information content (AvgIpc) is 2.61. The highest BCUT2D eigenvalue weighted by Crippen LogP contribution is 2.08. The lowest BCUT2D eigenvalue weighted by molar-refractivity contribution is 0.103. The molecule has 0 radical (unpaired) electrons. The molecule has 0 aliphatic rings. The fourth-order valence-electron chi connectivity index (χ4n) is 1.35. The minimum atomic E-state index is 0.0752. The van der Waals surface area contributed by atoms with E-state index in [1.165, 1.54) is 0 Å². The molecule has 1 heteroatoms. The summed E-state index contributed by atoms with van der Waals surface area (Å²) in [5, 5.41) is 0. The molecular formula is C19H28O. The van der Waals surface area contributed by atoms with Crippen LogP contribution in [-0.2, 0) is 0 Å². The molecule has 0 fully saturated rings. The highest BCUT2D eigenvalue weighted by Gasteiger charge is 2.06. The quantitative estimate of drug-likeness (QED) is 0.613. The topological polar surface area (TPSA) is 17.1 Å². The summed E-state index contributed by atoms with van der Waals surface area (Å²) in [5.41, 5.74) is 1.47. The van der Waals surface area contributed by atoms with Gasteiger partial charge in [-0.25, -0.2) is 0 Å². The van der Waals surface area contributed by atoms with Crippen molar-refractivity contribution in [1.29, 1.82) is 0 Å². The minimum absolute atomic E-state index is 0.0752. The largest absolute Gasteiger partial charge is 0.289 e. The van der Waals surface area contributed by atoms with Gasteiger partial charge >= 0.3 is 0 Å². The Hall–Kier alpha value is -1.89. The van der Waals surface area contributed by atoms with E-state index in [2.05, 4.69) is 0 Å². The van der Waals surface area contributed by atoms with Gasteiger partial charge in [0.2, 0.25) is 0 Å². The minimum Gasteiger partial charge on any atom is -0.289 e. The first-order valence-corrected chi connectivity index (χ1v) is 7.53. The van der Waals surface area contributed by atoms with E-state index in [0.29, 0.717) is 0 Å². The molecule has 2 aromatic carbocycles. The van der Waals surface area contributed by atoms with Crippen molar-refractivity contribution in [3.05, 3.63) is 71.8 Å². The highest BCUT2D eigenvalue weighted by molar-refractivity contribution is 6.08. The van der Waals surface area contributed by atoms with Crippen molar-refractivity contribution in [1.82, 2.24) is 0 Å². The van der Waals surface area contributed by atoms with Crippen molar-refractivity contribution in [2.75, 3.05) is 0 Å². The second-order valence-electron chi connectivity index (χ2n) is 3.06. The third-order valence-corrected chi connectivity index (χ3v) is 2.07. The number of benzene rings is 2. The standard InChI is InChI=1S/C13H10O.3C2H6/c14-13(11-7-3-1-4-8-11)12-9-5-2-6-10-12;3*1-2/h1-10H;3*1-2H3. The summed E-state index contributed by atoms with van der Waals surface area (Å²) < 4.78 is 0. The van der Waals surface area contributed by atoms with Crippen LogP contribution in [0.5, 0.6) is 0 Å². The second-order valence-corrected chi connectivity index (χ2v) is 3.06. The summed E-state index contributed by atoms with van der Waals surface area (Å²) in [7, 11) is 0. The highest BCUT2D eigenvalue weighted by atomic mass is 16.1. The Morgan fingerprint density at radius 1 is 0.550 bits per heavy atom. The fourth-order valence-corrected chi connectivity index (χ4v) is 1.35. The van der Waals surface area contributed by atoms with Crippen LogP contribution >= 0.6 is 0 Å². The molecule has 0 saturated heterocycles. The zero-order valence-electron chi connectivity index (χ0n) is 13.7. The molecule has 110 valence electrons. The average molecular weight is 272 g/mol. The zero-order chi connectivity index (χ0) is 15.8. The lowest BCUT2D eigenvalue weighted by Gasteiger charge is -1.99. The molecular weight excluding hydrogens is 244 g/mol. The molecule has 20 heavy (non-hydrogen) atoms. The number of carbonyl (C=O) groups excluding carboxylic acids is 1. The van der Waals surface area contributed by atoms with Gasteiger partial charge in [-0.2, -0.15) is 0 Å². The fraction of sp³-hybridized carbons (Fsp3) is 0.316. The van der Waals surface area contributed by atoms with E-state index in [4.69, 9.17) is 0 Å². The number of hydrogen-bond acceptors (Lipinski definition) is 1. The molecule has 1 nitrogen and oxygen atoms in total. The van der Waals surface area contributed by atoms with Crippen LogP contribution in [0.15, 0.2) is 60.7 Å². The monoisotopic (exact) mass is 272 g/mol. The summed E-state index contributed by atoms with van der Waals surface area (Å²) in [4.78, 5) is 11.8. The van der Waals surface area contributed by atoms with Gasteiger partial charge in [-0.05, 0) is 0 Å². The van der Waals surface area contributed by atoms with Gasteiger partial charge in [-0.15, -0.1) is 0 Å². The molecule has 2 rings (SSSR count). The zero-order valence-corrected chi connectivity index (χ0v) is 13.7. The van der Waals surface area contributed by atoms with E-state index < -0.39 is 0 Å². The van der Waals surface area contributed by atoms with Gasteiger partial charge in [0.25, 0.3) is 0 Å². The molecule has 0 heterocycles. The molecule has 0 amide bonds. The molecule has 0 spiro atoms. The number of rotatable bonds is 2. The van der Waals surface area contributed by atoms with Crippen LogP contribution in [-0.4, -0.2) is 5.78 Å². The third-order valence-electron chi connectivity index (χ3n) is 2.07. The number of carbonyl (C=O) groups is 1. The molecule has 0 atom stereocenters. The number of hydrogen-bond donors (Lipinski definition) is 0. The van der Waals surface area contributed by atoms with Crippen LogP contribution in [0, 0.1) is 0 Å².